The average molecular weight is 269 g/mol. The monoisotopic (exact) mass is 268 g/mol. The van der Waals surface area contributed by atoms with Crippen molar-refractivity contribution in [2.24, 2.45) is 11.3 Å². The lowest BCUT2D eigenvalue weighted by atomic mass is 9.78. The van der Waals surface area contributed by atoms with E-state index in [1.54, 1.807) is 25.3 Å². The van der Waals surface area contributed by atoms with E-state index >= 15 is 0 Å². The minimum atomic E-state index is 0.131. The van der Waals surface area contributed by atoms with Crippen LogP contribution in [0.25, 0.3) is 0 Å². The zero-order valence-corrected chi connectivity index (χ0v) is 12.5. The molecule has 0 aliphatic heterocycles. The Morgan fingerprint density at radius 3 is 2.50 bits per heavy atom. The minimum Gasteiger partial charge on any atom is -0.495 e. The van der Waals surface area contributed by atoms with Crippen LogP contribution in [0, 0.1) is 11.3 Å². The Morgan fingerprint density at radius 1 is 1.39 bits per heavy atom. The number of rotatable bonds is 4. The molecule has 0 saturated carbocycles. The maximum atomic E-state index is 12.2. The number of carbonyl (C=O) groups is 1. The van der Waals surface area contributed by atoms with E-state index in [1.807, 2.05) is 0 Å². The maximum absolute atomic E-state index is 12.2. The van der Waals surface area contributed by atoms with Crippen LogP contribution in [-0.2, 0) is 0 Å². The van der Waals surface area contributed by atoms with E-state index < -0.39 is 0 Å². The molecule has 0 amide bonds. The maximum Gasteiger partial charge on any atom is 0.163 e. The van der Waals surface area contributed by atoms with E-state index in [-0.39, 0.29) is 11.2 Å². The molecule has 0 heterocycles. The van der Waals surface area contributed by atoms with Crippen LogP contribution >= 0.6 is 11.6 Å². The molecule has 2 nitrogen and oxygen atoms in total. The standard InChI is InChI=1S/C15H21ClO2/c1-10(15(2,3)4)8-13(17)11-6-7-12(16)14(9-11)18-5/h6-7,9-10H,8H2,1-5H3. The number of hydrogen-bond donors (Lipinski definition) is 0. The van der Waals surface area contributed by atoms with Crippen LogP contribution in [0.5, 0.6) is 5.75 Å². The van der Waals surface area contributed by atoms with Crippen LogP contribution in [0.2, 0.25) is 5.02 Å². The normalized spacial score (nSPS) is 13.2. The van der Waals surface area contributed by atoms with Gasteiger partial charge in [0.15, 0.2) is 5.78 Å². The first-order valence-electron chi connectivity index (χ1n) is 6.12. The summed E-state index contributed by atoms with van der Waals surface area (Å²) in [5.74, 6) is 1.00. The number of ether oxygens (including phenoxy) is 1. The Labute approximate surface area is 114 Å². The summed E-state index contributed by atoms with van der Waals surface area (Å²) < 4.78 is 5.12. The van der Waals surface area contributed by atoms with Gasteiger partial charge in [-0.3, -0.25) is 4.79 Å². The number of benzene rings is 1. The van der Waals surface area contributed by atoms with Gasteiger partial charge in [-0.15, -0.1) is 0 Å². The molecule has 0 radical (unpaired) electrons. The highest BCUT2D eigenvalue weighted by atomic mass is 35.5. The second-order valence-electron chi connectivity index (χ2n) is 5.74. The summed E-state index contributed by atoms with van der Waals surface area (Å²) in [6.07, 6.45) is 0.536. The number of Topliss-reactive ketones (excluding diaryl/α,β-unsaturated/α-hetero) is 1. The Balaban J connectivity index is 2.85. The fraction of sp³-hybridized carbons (Fsp3) is 0.533. The molecule has 1 unspecified atom stereocenters. The first kappa shape index (κ1) is 15.0. The van der Waals surface area contributed by atoms with Gasteiger partial charge in [-0.1, -0.05) is 39.3 Å². The quantitative estimate of drug-likeness (QED) is 0.746. The molecule has 1 rings (SSSR count). The van der Waals surface area contributed by atoms with Crippen LogP contribution in [0.15, 0.2) is 18.2 Å². The highest BCUT2D eigenvalue weighted by Gasteiger charge is 2.23. The number of hydrogen-bond acceptors (Lipinski definition) is 2. The molecule has 0 N–H and O–H groups in total. The van der Waals surface area contributed by atoms with Crippen LogP contribution in [0.3, 0.4) is 0 Å². The Morgan fingerprint density at radius 2 is 2.00 bits per heavy atom. The summed E-state index contributed by atoms with van der Waals surface area (Å²) in [5, 5.41) is 0.526. The van der Waals surface area contributed by atoms with Crippen LogP contribution in [0.4, 0.5) is 0 Å². The largest absolute Gasteiger partial charge is 0.495 e. The molecular formula is C15H21ClO2. The number of carbonyl (C=O) groups excluding carboxylic acids is 1. The van der Waals surface area contributed by atoms with Crippen molar-refractivity contribution < 1.29 is 9.53 Å². The van der Waals surface area contributed by atoms with Gasteiger partial charge in [0.25, 0.3) is 0 Å². The lowest BCUT2D eigenvalue weighted by Gasteiger charge is -2.26. The molecular weight excluding hydrogens is 248 g/mol. The Hall–Kier alpha value is -1.02. The molecule has 0 aromatic heterocycles. The summed E-state index contributed by atoms with van der Waals surface area (Å²) in [6.45, 7) is 8.54. The number of methoxy groups -OCH3 is 1. The Kier molecular flexibility index (Phi) is 4.80. The molecule has 100 valence electrons. The minimum absolute atomic E-state index is 0.131. The van der Waals surface area contributed by atoms with Gasteiger partial charge >= 0.3 is 0 Å². The lowest BCUT2D eigenvalue weighted by molar-refractivity contribution is 0.0927. The fourth-order valence-electron chi connectivity index (χ4n) is 1.54. The van der Waals surface area contributed by atoms with Gasteiger partial charge in [0, 0.05) is 12.0 Å². The molecule has 0 fully saturated rings. The van der Waals surface area contributed by atoms with Crippen molar-refractivity contribution >= 4 is 17.4 Å². The third kappa shape index (κ3) is 3.74. The summed E-state index contributed by atoms with van der Waals surface area (Å²) in [4.78, 5) is 12.2. The van der Waals surface area contributed by atoms with Gasteiger partial charge in [0.2, 0.25) is 0 Å². The van der Waals surface area contributed by atoms with Gasteiger partial charge in [-0.2, -0.15) is 0 Å². The third-order valence-corrected chi connectivity index (χ3v) is 3.76. The van der Waals surface area contributed by atoms with Crippen molar-refractivity contribution in [3.05, 3.63) is 28.8 Å². The van der Waals surface area contributed by atoms with E-state index in [1.165, 1.54) is 0 Å². The van der Waals surface area contributed by atoms with Crippen molar-refractivity contribution in [3.63, 3.8) is 0 Å². The molecule has 1 aromatic rings. The van der Waals surface area contributed by atoms with Crippen molar-refractivity contribution in [1.82, 2.24) is 0 Å². The van der Waals surface area contributed by atoms with Crippen molar-refractivity contribution in [2.75, 3.05) is 7.11 Å². The predicted molar refractivity (Wildman–Crippen MR) is 75.6 cm³/mol. The van der Waals surface area contributed by atoms with E-state index in [2.05, 4.69) is 27.7 Å². The molecule has 0 aliphatic rings. The van der Waals surface area contributed by atoms with Crippen molar-refractivity contribution in [2.45, 2.75) is 34.1 Å². The third-order valence-electron chi connectivity index (χ3n) is 3.44. The second-order valence-corrected chi connectivity index (χ2v) is 6.15. The summed E-state index contributed by atoms with van der Waals surface area (Å²) in [6, 6.07) is 5.16. The summed E-state index contributed by atoms with van der Waals surface area (Å²) in [7, 11) is 1.55. The van der Waals surface area contributed by atoms with E-state index in [4.69, 9.17) is 16.3 Å². The lowest BCUT2D eigenvalue weighted by Crippen LogP contribution is -2.20. The molecule has 18 heavy (non-hydrogen) atoms. The highest BCUT2D eigenvalue weighted by molar-refractivity contribution is 6.32. The second kappa shape index (κ2) is 5.75. The first-order valence-corrected chi connectivity index (χ1v) is 6.50. The van der Waals surface area contributed by atoms with Crippen molar-refractivity contribution in [3.8, 4) is 5.75 Å². The molecule has 0 spiro atoms. The van der Waals surface area contributed by atoms with Crippen molar-refractivity contribution in [1.29, 1.82) is 0 Å². The van der Waals surface area contributed by atoms with Crippen LogP contribution in [-0.4, -0.2) is 12.9 Å². The fourth-order valence-corrected chi connectivity index (χ4v) is 1.73. The number of halogens is 1. The number of ketones is 1. The summed E-state index contributed by atoms with van der Waals surface area (Å²) in [5.41, 5.74) is 0.791. The summed E-state index contributed by atoms with van der Waals surface area (Å²) >= 11 is 5.94. The van der Waals surface area contributed by atoms with Crippen LogP contribution in [0.1, 0.15) is 44.5 Å². The van der Waals surface area contributed by atoms with Gasteiger partial charge in [0.1, 0.15) is 5.75 Å². The molecule has 3 heteroatoms. The molecule has 0 aliphatic carbocycles. The van der Waals surface area contributed by atoms with E-state index in [0.717, 1.165) is 0 Å². The van der Waals surface area contributed by atoms with Gasteiger partial charge in [0.05, 0.1) is 12.1 Å². The molecule has 0 saturated heterocycles. The van der Waals surface area contributed by atoms with Gasteiger partial charge in [-0.25, -0.2) is 0 Å². The molecule has 1 atom stereocenters. The van der Waals surface area contributed by atoms with Gasteiger partial charge < -0.3 is 4.74 Å². The smallest absolute Gasteiger partial charge is 0.163 e. The van der Waals surface area contributed by atoms with E-state index in [0.29, 0.717) is 28.7 Å². The first-order chi connectivity index (χ1) is 8.25. The predicted octanol–water partition coefficient (Wildman–Crippen LogP) is 4.60. The molecule has 1 aromatic carbocycles. The SMILES string of the molecule is COc1cc(C(=O)CC(C)C(C)(C)C)ccc1Cl. The van der Waals surface area contributed by atoms with Gasteiger partial charge in [-0.05, 0) is 29.5 Å². The Bertz CT molecular complexity index is 433. The van der Waals surface area contributed by atoms with Crippen LogP contribution < -0.4 is 4.74 Å². The molecule has 0 bridgehead atoms. The average Bonchev–Trinajstić information content (AvgIpc) is 2.28. The highest BCUT2D eigenvalue weighted by Crippen LogP contribution is 2.30. The zero-order chi connectivity index (χ0) is 13.9. The zero-order valence-electron chi connectivity index (χ0n) is 11.7. The van der Waals surface area contributed by atoms with E-state index in [9.17, 15) is 4.79 Å². The topological polar surface area (TPSA) is 26.3 Å².